The van der Waals surface area contributed by atoms with Crippen LogP contribution in [0.2, 0.25) is 0 Å². The number of carbonyl (C=O) groups excluding carboxylic acids is 4. The van der Waals surface area contributed by atoms with E-state index in [4.69, 9.17) is 4.74 Å². The predicted molar refractivity (Wildman–Crippen MR) is 93.1 cm³/mol. The Kier molecular flexibility index (Phi) is 3.64. The van der Waals surface area contributed by atoms with E-state index in [2.05, 4.69) is 6.92 Å². The maximum Gasteiger partial charge on any atom is 0.323 e. The lowest BCUT2D eigenvalue weighted by atomic mass is 9.41. The van der Waals surface area contributed by atoms with Crippen LogP contribution in [0.3, 0.4) is 0 Å². The van der Waals surface area contributed by atoms with Gasteiger partial charge < -0.3 is 4.74 Å². The van der Waals surface area contributed by atoms with E-state index in [9.17, 15) is 19.2 Å². The summed E-state index contributed by atoms with van der Waals surface area (Å²) in [7, 11) is 1.32. The molecule has 4 aliphatic rings. The zero-order chi connectivity index (χ0) is 18.9. The van der Waals surface area contributed by atoms with Crippen molar-refractivity contribution >= 4 is 23.3 Å². The van der Waals surface area contributed by atoms with Gasteiger partial charge in [-0.05, 0) is 54.6 Å². The molecule has 0 N–H and O–H groups in total. The minimum Gasteiger partial charge on any atom is -0.468 e. The zero-order valence-electron chi connectivity index (χ0n) is 15.7. The van der Waals surface area contributed by atoms with Crippen LogP contribution in [0.1, 0.15) is 58.8 Å². The number of hydrogen-bond donors (Lipinski definition) is 0. The number of esters is 1. The van der Waals surface area contributed by atoms with Gasteiger partial charge in [0.25, 0.3) is 0 Å². The molecule has 4 rings (SSSR count). The van der Waals surface area contributed by atoms with Crippen molar-refractivity contribution in [1.82, 2.24) is 0 Å². The van der Waals surface area contributed by atoms with E-state index in [-0.39, 0.29) is 28.7 Å². The van der Waals surface area contributed by atoms with Crippen molar-refractivity contribution in [2.45, 2.75) is 58.8 Å². The maximum atomic E-state index is 13.3. The Morgan fingerprint density at radius 1 is 1.15 bits per heavy atom. The third-order valence-corrected chi connectivity index (χ3v) is 7.99. The third-order valence-electron chi connectivity index (χ3n) is 7.99. The van der Waals surface area contributed by atoms with Gasteiger partial charge in [-0.3, -0.25) is 19.2 Å². The Bertz CT molecular complexity index is 754. The SMILES string of the molecule is COC(=O)[C@]12C(=O)CCCC1=CC(=O)[C@@]1(C)[C@@H]3CC(=O)C[C@]3(C)CC[C@@H]21. The first kappa shape index (κ1) is 17.6. The molecule has 0 saturated heterocycles. The van der Waals surface area contributed by atoms with Crippen LogP contribution in [0.5, 0.6) is 0 Å². The lowest BCUT2D eigenvalue weighted by molar-refractivity contribution is -0.175. The van der Waals surface area contributed by atoms with Gasteiger partial charge in [0.2, 0.25) is 0 Å². The van der Waals surface area contributed by atoms with Gasteiger partial charge in [-0.2, -0.15) is 0 Å². The predicted octanol–water partition coefficient (Wildman–Crippen LogP) is 2.81. The highest BCUT2D eigenvalue weighted by Gasteiger charge is 2.71. The second kappa shape index (κ2) is 5.37. The summed E-state index contributed by atoms with van der Waals surface area (Å²) in [6.07, 6.45) is 5.36. The second-order valence-electron chi connectivity index (χ2n) is 9.11. The van der Waals surface area contributed by atoms with Crippen molar-refractivity contribution in [3.8, 4) is 0 Å². The molecule has 0 radical (unpaired) electrons. The van der Waals surface area contributed by atoms with E-state index >= 15 is 0 Å². The van der Waals surface area contributed by atoms with Crippen molar-refractivity contribution in [1.29, 1.82) is 0 Å². The van der Waals surface area contributed by atoms with Crippen LogP contribution in [0.4, 0.5) is 0 Å². The Morgan fingerprint density at radius 3 is 2.58 bits per heavy atom. The van der Waals surface area contributed by atoms with E-state index in [1.54, 1.807) is 6.08 Å². The molecule has 0 aliphatic heterocycles. The highest BCUT2D eigenvalue weighted by atomic mass is 16.5. The van der Waals surface area contributed by atoms with E-state index < -0.39 is 22.7 Å². The smallest absolute Gasteiger partial charge is 0.323 e. The van der Waals surface area contributed by atoms with Gasteiger partial charge in [0.15, 0.2) is 17.0 Å². The topological polar surface area (TPSA) is 77.5 Å². The molecule has 3 fully saturated rings. The molecule has 140 valence electrons. The Labute approximate surface area is 153 Å². The normalized spacial score (nSPS) is 44.7. The van der Waals surface area contributed by atoms with Crippen LogP contribution in [0.25, 0.3) is 0 Å². The highest BCUT2D eigenvalue weighted by Crippen LogP contribution is 2.68. The van der Waals surface area contributed by atoms with Gasteiger partial charge in [-0.1, -0.05) is 13.8 Å². The van der Waals surface area contributed by atoms with Crippen molar-refractivity contribution in [3.63, 3.8) is 0 Å². The minimum atomic E-state index is -1.33. The van der Waals surface area contributed by atoms with E-state index in [1.165, 1.54) is 7.11 Å². The lowest BCUT2D eigenvalue weighted by Gasteiger charge is -2.59. The van der Waals surface area contributed by atoms with Crippen molar-refractivity contribution < 1.29 is 23.9 Å². The number of fused-ring (bicyclic) bond motifs is 5. The largest absolute Gasteiger partial charge is 0.468 e. The molecule has 5 atom stereocenters. The van der Waals surface area contributed by atoms with E-state index in [0.29, 0.717) is 44.1 Å². The number of rotatable bonds is 1. The summed E-state index contributed by atoms with van der Waals surface area (Å²) in [5.74, 6) is -1.00. The molecule has 3 saturated carbocycles. The standard InChI is InChI=1S/C21H26O5/c1-19-8-7-14-20(2,15(19)10-13(22)11-19)17(24)9-12-5-4-6-16(23)21(12,14)18(25)26-3/h9,14-15H,4-8,10-11H2,1-3H3/t14-,15-,19+,20-,21-/m1/s1. The van der Waals surface area contributed by atoms with Gasteiger partial charge >= 0.3 is 5.97 Å². The van der Waals surface area contributed by atoms with Gasteiger partial charge in [0.05, 0.1) is 7.11 Å². The summed E-state index contributed by atoms with van der Waals surface area (Å²) in [5, 5.41) is 0. The molecule has 0 unspecified atom stereocenters. The molecular weight excluding hydrogens is 332 g/mol. The third kappa shape index (κ3) is 1.87. The molecule has 0 spiro atoms. The fourth-order valence-corrected chi connectivity index (χ4v) is 6.82. The molecular formula is C21H26O5. The number of carbonyl (C=O) groups is 4. The van der Waals surface area contributed by atoms with Gasteiger partial charge in [0, 0.05) is 24.7 Å². The molecule has 0 aromatic heterocycles. The zero-order valence-corrected chi connectivity index (χ0v) is 15.7. The van der Waals surface area contributed by atoms with Crippen molar-refractivity contribution in [2.75, 3.05) is 7.11 Å². The second-order valence-corrected chi connectivity index (χ2v) is 9.11. The fourth-order valence-electron chi connectivity index (χ4n) is 6.82. The number of hydrogen-bond acceptors (Lipinski definition) is 5. The molecule has 5 nitrogen and oxygen atoms in total. The molecule has 0 aromatic rings. The molecule has 0 aromatic carbocycles. The summed E-state index contributed by atoms with van der Waals surface area (Å²) in [6.45, 7) is 3.98. The first-order valence-corrected chi connectivity index (χ1v) is 9.60. The van der Waals surface area contributed by atoms with E-state index in [0.717, 1.165) is 6.42 Å². The van der Waals surface area contributed by atoms with Crippen LogP contribution in [0, 0.1) is 28.1 Å². The minimum absolute atomic E-state index is 0.0163. The summed E-state index contributed by atoms with van der Waals surface area (Å²) in [6, 6.07) is 0. The highest BCUT2D eigenvalue weighted by molar-refractivity contribution is 6.13. The van der Waals surface area contributed by atoms with E-state index in [1.807, 2.05) is 6.92 Å². The fraction of sp³-hybridized carbons (Fsp3) is 0.714. The summed E-state index contributed by atoms with van der Waals surface area (Å²) < 4.78 is 5.13. The van der Waals surface area contributed by atoms with Gasteiger partial charge in [-0.25, -0.2) is 0 Å². The number of allylic oxidation sites excluding steroid dienone is 1. The van der Waals surface area contributed by atoms with Gasteiger partial charge in [0.1, 0.15) is 5.78 Å². The number of Topliss-reactive ketones (excluding diaryl/α,β-unsaturated/α-hetero) is 2. The molecule has 0 heterocycles. The number of ketones is 3. The Morgan fingerprint density at radius 2 is 1.88 bits per heavy atom. The monoisotopic (exact) mass is 358 g/mol. The molecule has 26 heavy (non-hydrogen) atoms. The Hall–Kier alpha value is -1.78. The molecule has 5 heteroatoms. The van der Waals surface area contributed by atoms with Crippen LogP contribution in [0.15, 0.2) is 11.6 Å². The van der Waals surface area contributed by atoms with Crippen LogP contribution in [-0.4, -0.2) is 30.4 Å². The maximum absolute atomic E-state index is 13.3. The van der Waals surface area contributed by atoms with Crippen molar-refractivity contribution in [2.24, 2.45) is 28.1 Å². The van der Waals surface area contributed by atoms with Crippen LogP contribution >= 0.6 is 0 Å². The summed E-state index contributed by atoms with van der Waals surface area (Å²) in [4.78, 5) is 51.8. The van der Waals surface area contributed by atoms with Gasteiger partial charge in [-0.15, -0.1) is 0 Å². The first-order chi connectivity index (χ1) is 12.2. The number of methoxy groups -OCH3 is 1. The molecule has 4 aliphatic carbocycles. The average Bonchev–Trinajstić information content (AvgIpc) is 2.91. The quantitative estimate of drug-likeness (QED) is 0.532. The Balaban J connectivity index is 1.95. The molecule has 0 bridgehead atoms. The average molecular weight is 358 g/mol. The first-order valence-electron chi connectivity index (χ1n) is 9.60. The summed E-state index contributed by atoms with van der Waals surface area (Å²) >= 11 is 0. The van der Waals surface area contributed by atoms with Crippen LogP contribution in [-0.2, 0) is 23.9 Å². The summed E-state index contributed by atoms with van der Waals surface area (Å²) in [5.41, 5.74) is -1.79. The van der Waals surface area contributed by atoms with Crippen LogP contribution < -0.4 is 0 Å². The number of ether oxygens (including phenoxy) is 1. The van der Waals surface area contributed by atoms with Crippen molar-refractivity contribution in [3.05, 3.63) is 11.6 Å². The lowest BCUT2D eigenvalue weighted by Crippen LogP contribution is -2.64. The molecule has 0 amide bonds.